The van der Waals surface area contributed by atoms with E-state index in [0.29, 0.717) is 37.0 Å². The first-order chi connectivity index (χ1) is 9.19. The maximum Gasteiger partial charge on any atom is 0.323 e. The summed E-state index contributed by atoms with van der Waals surface area (Å²) >= 11 is 0. The van der Waals surface area contributed by atoms with Crippen LogP contribution in [0.25, 0.3) is 0 Å². The summed E-state index contributed by atoms with van der Waals surface area (Å²) in [5.41, 5.74) is 0. The van der Waals surface area contributed by atoms with Crippen LogP contribution in [0.5, 0.6) is 6.01 Å². The number of nitrogens with one attached hydrogen (secondary N) is 2. The third-order valence-corrected chi connectivity index (χ3v) is 2.33. The van der Waals surface area contributed by atoms with Gasteiger partial charge in [-0.2, -0.15) is 15.0 Å². The molecule has 0 fully saturated rings. The van der Waals surface area contributed by atoms with Crippen molar-refractivity contribution in [3.63, 3.8) is 0 Å². The Balaban J connectivity index is 2.65. The number of ether oxygens (including phenoxy) is 2. The summed E-state index contributed by atoms with van der Waals surface area (Å²) in [6, 6.07) is 0.336. The van der Waals surface area contributed by atoms with Crippen LogP contribution < -0.4 is 15.4 Å². The maximum atomic E-state index is 5.43. The Morgan fingerprint density at radius 3 is 2.58 bits per heavy atom. The minimum absolute atomic E-state index is 0.336. The fraction of sp³-hybridized carbons (Fsp3) is 0.750. The molecular weight excluding hydrogens is 246 g/mol. The minimum atomic E-state index is 0.336. The number of hydrogen-bond donors (Lipinski definition) is 2. The molecule has 1 aromatic rings. The van der Waals surface area contributed by atoms with E-state index in [4.69, 9.17) is 9.47 Å². The molecule has 1 rings (SSSR count). The van der Waals surface area contributed by atoms with Crippen molar-refractivity contribution in [2.24, 2.45) is 5.92 Å². The Bertz CT molecular complexity index is 375. The molecule has 0 aliphatic carbocycles. The van der Waals surface area contributed by atoms with E-state index in [1.807, 2.05) is 6.92 Å². The topological polar surface area (TPSA) is 81.2 Å². The van der Waals surface area contributed by atoms with E-state index in [0.717, 1.165) is 13.0 Å². The van der Waals surface area contributed by atoms with E-state index in [9.17, 15) is 0 Å². The molecule has 7 heteroatoms. The molecule has 0 aromatic carbocycles. The number of aromatic nitrogens is 3. The summed E-state index contributed by atoms with van der Waals surface area (Å²) in [6.07, 6.45) is 0.911. The van der Waals surface area contributed by atoms with Crippen molar-refractivity contribution in [2.75, 3.05) is 44.5 Å². The zero-order chi connectivity index (χ0) is 14.1. The average Bonchev–Trinajstić information content (AvgIpc) is 2.43. The second kappa shape index (κ2) is 8.47. The molecule has 2 N–H and O–H groups in total. The average molecular weight is 269 g/mol. The predicted octanol–water partition coefficient (Wildman–Crippen LogP) is 1.40. The largest absolute Gasteiger partial charge is 0.463 e. The van der Waals surface area contributed by atoms with Crippen LogP contribution >= 0.6 is 0 Å². The minimum Gasteiger partial charge on any atom is -0.463 e. The number of nitrogens with zero attached hydrogens (tertiary/aromatic N) is 3. The number of anilines is 2. The molecule has 0 amide bonds. The van der Waals surface area contributed by atoms with Gasteiger partial charge in [0.25, 0.3) is 0 Å². The van der Waals surface area contributed by atoms with Crippen molar-refractivity contribution in [2.45, 2.75) is 20.3 Å². The summed E-state index contributed by atoms with van der Waals surface area (Å²) in [5, 5.41) is 6.05. The van der Waals surface area contributed by atoms with Gasteiger partial charge in [-0.3, -0.25) is 0 Å². The molecule has 1 aromatic heterocycles. The van der Waals surface area contributed by atoms with Crippen LogP contribution in [0.1, 0.15) is 20.3 Å². The normalized spacial score (nSPS) is 12.0. The fourth-order valence-corrected chi connectivity index (χ4v) is 1.41. The highest BCUT2D eigenvalue weighted by atomic mass is 16.5. The molecule has 0 aliphatic heterocycles. The van der Waals surface area contributed by atoms with E-state index in [2.05, 4.69) is 32.5 Å². The van der Waals surface area contributed by atoms with Gasteiger partial charge in [-0.1, -0.05) is 13.8 Å². The van der Waals surface area contributed by atoms with Gasteiger partial charge in [0, 0.05) is 20.7 Å². The summed E-state index contributed by atoms with van der Waals surface area (Å²) in [7, 11) is 3.45. The lowest BCUT2D eigenvalue weighted by Crippen LogP contribution is -2.18. The summed E-state index contributed by atoms with van der Waals surface area (Å²) < 4.78 is 10.5. The molecule has 108 valence electrons. The monoisotopic (exact) mass is 269 g/mol. The van der Waals surface area contributed by atoms with Crippen molar-refractivity contribution >= 4 is 11.9 Å². The second-order valence-corrected chi connectivity index (χ2v) is 4.31. The Labute approximate surface area is 114 Å². The fourth-order valence-electron chi connectivity index (χ4n) is 1.41. The highest BCUT2D eigenvalue weighted by Gasteiger charge is 2.08. The SMILES string of the molecule is CCCOc1nc(NC)nc(NCC(C)COC)n1. The smallest absolute Gasteiger partial charge is 0.323 e. The Morgan fingerprint density at radius 1 is 1.21 bits per heavy atom. The molecule has 19 heavy (non-hydrogen) atoms. The van der Waals surface area contributed by atoms with Crippen molar-refractivity contribution in [1.82, 2.24) is 15.0 Å². The molecule has 0 bridgehead atoms. The van der Waals surface area contributed by atoms with Crippen LogP contribution in [0.4, 0.5) is 11.9 Å². The standard InChI is InChI=1S/C12H23N5O2/c1-5-6-19-12-16-10(13-3)15-11(17-12)14-7-9(2)8-18-4/h9H,5-8H2,1-4H3,(H2,13,14,15,16,17). The zero-order valence-corrected chi connectivity index (χ0v) is 12.1. The molecule has 7 nitrogen and oxygen atoms in total. The molecular formula is C12H23N5O2. The first-order valence-electron chi connectivity index (χ1n) is 6.49. The van der Waals surface area contributed by atoms with Crippen LogP contribution in [0, 0.1) is 5.92 Å². The molecule has 1 atom stereocenters. The van der Waals surface area contributed by atoms with Gasteiger partial charge in [-0.05, 0) is 12.3 Å². The van der Waals surface area contributed by atoms with Crippen LogP contribution in [-0.2, 0) is 4.74 Å². The molecule has 0 spiro atoms. The summed E-state index contributed by atoms with van der Waals surface area (Å²) in [5.74, 6) is 1.37. The van der Waals surface area contributed by atoms with E-state index >= 15 is 0 Å². The first-order valence-corrected chi connectivity index (χ1v) is 6.49. The summed E-state index contributed by atoms with van der Waals surface area (Å²) in [4.78, 5) is 12.6. The quantitative estimate of drug-likeness (QED) is 0.701. The van der Waals surface area contributed by atoms with Gasteiger partial charge in [-0.25, -0.2) is 0 Å². The predicted molar refractivity (Wildman–Crippen MR) is 74.7 cm³/mol. The van der Waals surface area contributed by atoms with Crippen molar-refractivity contribution in [3.8, 4) is 6.01 Å². The van der Waals surface area contributed by atoms with E-state index in [1.165, 1.54) is 0 Å². The number of methoxy groups -OCH3 is 1. The Kier molecular flexibility index (Phi) is 6.88. The highest BCUT2D eigenvalue weighted by Crippen LogP contribution is 2.11. The number of hydrogen-bond acceptors (Lipinski definition) is 7. The van der Waals surface area contributed by atoms with Gasteiger partial charge in [-0.15, -0.1) is 0 Å². The Hall–Kier alpha value is -1.63. The lowest BCUT2D eigenvalue weighted by atomic mass is 10.2. The lowest BCUT2D eigenvalue weighted by Gasteiger charge is -2.12. The van der Waals surface area contributed by atoms with Crippen LogP contribution in [-0.4, -0.2) is 48.9 Å². The molecule has 0 aliphatic rings. The third kappa shape index (κ3) is 5.69. The van der Waals surface area contributed by atoms with Gasteiger partial charge >= 0.3 is 6.01 Å². The molecule has 0 saturated carbocycles. The zero-order valence-electron chi connectivity index (χ0n) is 12.1. The van der Waals surface area contributed by atoms with E-state index in [1.54, 1.807) is 14.2 Å². The maximum absolute atomic E-state index is 5.43. The highest BCUT2D eigenvalue weighted by molar-refractivity contribution is 5.35. The van der Waals surface area contributed by atoms with Gasteiger partial charge in [0.1, 0.15) is 0 Å². The first kappa shape index (κ1) is 15.4. The second-order valence-electron chi connectivity index (χ2n) is 4.31. The Morgan fingerprint density at radius 2 is 1.95 bits per heavy atom. The van der Waals surface area contributed by atoms with Crippen molar-refractivity contribution in [1.29, 1.82) is 0 Å². The molecule has 0 radical (unpaired) electrons. The van der Waals surface area contributed by atoms with Crippen molar-refractivity contribution in [3.05, 3.63) is 0 Å². The third-order valence-electron chi connectivity index (χ3n) is 2.33. The summed E-state index contributed by atoms with van der Waals surface area (Å²) in [6.45, 7) is 6.13. The number of rotatable bonds is 9. The van der Waals surface area contributed by atoms with Gasteiger partial charge < -0.3 is 20.1 Å². The van der Waals surface area contributed by atoms with E-state index in [-0.39, 0.29) is 0 Å². The van der Waals surface area contributed by atoms with Crippen molar-refractivity contribution < 1.29 is 9.47 Å². The van der Waals surface area contributed by atoms with Gasteiger partial charge in [0.15, 0.2) is 0 Å². The van der Waals surface area contributed by atoms with E-state index < -0.39 is 0 Å². The van der Waals surface area contributed by atoms with Crippen LogP contribution in [0.2, 0.25) is 0 Å². The van der Waals surface area contributed by atoms with Gasteiger partial charge in [0.05, 0.1) is 13.2 Å². The molecule has 1 heterocycles. The van der Waals surface area contributed by atoms with Crippen LogP contribution in [0.3, 0.4) is 0 Å². The lowest BCUT2D eigenvalue weighted by molar-refractivity contribution is 0.164. The van der Waals surface area contributed by atoms with Crippen LogP contribution in [0.15, 0.2) is 0 Å². The molecule has 1 unspecified atom stereocenters. The molecule has 0 saturated heterocycles. The van der Waals surface area contributed by atoms with Gasteiger partial charge in [0.2, 0.25) is 11.9 Å².